The summed E-state index contributed by atoms with van der Waals surface area (Å²) >= 11 is 0. The van der Waals surface area contributed by atoms with Gasteiger partial charge in [0.1, 0.15) is 0 Å². The number of ketones is 1. The van der Waals surface area contributed by atoms with E-state index < -0.39 is 22.6 Å². The number of carbonyl (C=O) groups is 2. The highest BCUT2D eigenvalue weighted by molar-refractivity contribution is 6.99. The zero-order valence-corrected chi connectivity index (χ0v) is 28.5. The van der Waals surface area contributed by atoms with E-state index in [-0.39, 0.29) is 27.9 Å². The Balaban J connectivity index is 2.02. The first-order valence-electron chi connectivity index (χ1n) is 14.5. The Morgan fingerprint density at radius 3 is 1.85 bits per heavy atom. The molecule has 0 saturated heterocycles. The van der Waals surface area contributed by atoms with Gasteiger partial charge in [-0.2, -0.15) is 0 Å². The van der Waals surface area contributed by atoms with E-state index in [1.54, 1.807) is 20.2 Å². The van der Waals surface area contributed by atoms with Crippen LogP contribution in [0.3, 0.4) is 0 Å². The molecule has 2 aromatic rings. The van der Waals surface area contributed by atoms with Gasteiger partial charge in [0.25, 0.3) is 8.32 Å². The second kappa shape index (κ2) is 12.6. The van der Waals surface area contributed by atoms with Gasteiger partial charge in [-0.05, 0) is 40.5 Å². The molecule has 0 aromatic heterocycles. The Morgan fingerprint density at radius 1 is 0.878 bits per heavy atom. The molecule has 0 aliphatic carbocycles. The van der Waals surface area contributed by atoms with Crippen LogP contribution >= 0.6 is 0 Å². The summed E-state index contributed by atoms with van der Waals surface area (Å²) in [7, 11) is -3.27. The maximum Gasteiger partial charge on any atom is 0.261 e. The van der Waals surface area contributed by atoms with Crippen molar-refractivity contribution in [2.45, 2.75) is 84.2 Å². The summed E-state index contributed by atoms with van der Waals surface area (Å²) < 4.78 is 14.2. The standard InChI is InChI=1S/C34H47NO4Si2/c1-26-31(36)27(24-35(8)32(26)37)18-17-19-28(39-40(9,10)33(2,3)4)25-38-41(34(5,6)7,29-20-13-11-14-21-29)30-22-15-12-16-23-30/h11-16,20-24,26,28H,19,25H2,1-10H3/t26-,28?/m0/s1. The number of carbonyl (C=O) groups excluding carboxylic acids is 2. The first-order valence-corrected chi connectivity index (χ1v) is 19.3. The van der Waals surface area contributed by atoms with Gasteiger partial charge < -0.3 is 13.8 Å². The fourth-order valence-electron chi connectivity index (χ4n) is 5.03. The summed E-state index contributed by atoms with van der Waals surface area (Å²) in [6.45, 7) is 20.0. The van der Waals surface area contributed by atoms with Crippen LogP contribution in [0.15, 0.2) is 72.4 Å². The highest BCUT2D eigenvalue weighted by atomic mass is 28.4. The van der Waals surface area contributed by atoms with Gasteiger partial charge in [0.15, 0.2) is 14.1 Å². The lowest BCUT2D eigenvalue weighted by Crippen LogP contribution is -2.67. The zero-order chi connectivity index (χ0) is 30.6. The molecule has 1 unspecified atom stereocenters. The third-order valence-corrected chi connectivity index (χ3v) is 18.0. The van der Waals surface area contributed by atoms with Crippen LogP contribution in [-0.2, 0) is 18.4 Å². The number of amides is 1. The highest BCUT2D eigenvalue weighted by Gasteiger charge is 2.50. The summed E-state index contributed by atoms with van der Waals surface area (Å²) in [5.74, 6) is 5.13. The molecule has 0 N–H and O–H groups in total. The number of hydrogen-bond donors (Lipinski definition) is 0. The third-order valence-electron chi connectivity index (χ3n) is 8.42. The predicted molar refractivity (Wildman–Crippen MR) is 173 cm³/mol. The summed E-state index contributed by atoms with van der Waals surface area (Å²) in [6.07, 6.45) is 1.68. The average Bonchev–Trinajstić information content (AvgIpc) is 2.90. The smallest absolute Gasteiger partial charge is 0.261 e. The largest absolute Gasteiger partial charge is 0.411 e. The molecule has 0 spiro atoms. The molecule has 1 heterocycles. The topological polar surface area (TPSA) is 55.8 Å². The van der Waals surface area contributed by atoms with E-state index in [1.165, 1.54) is 15.3 Å². The molecule has 41 heavy (non-hydrogen) atoms. The molecule has 7 heteroatoms. The Bertz CT molecular complexity index is 1270. The lowest BCUT2D eigenvalue weighted by atomic mass is 9.95. The molecular weight excluding hydrogens is 543 g/mol. The van der Waals surface area contributed by atoms with Crippen molar-refractivity contribution in [2.75, 3.05) is 13.7 Å². The number of Topliss-reactive ketones (excluding diaryl/α,β-unsaturated/α-hetero) is 1. The Kier molecular flexibility index (Phi) is 10.1. The molecule has 1 amide bonds. The van der Waals surface area contributed by atoms with Crippen molar-refractivity contribution in [1.82, 2.24) is 4.90 Å². The summed E-state index contributed by atoms with van der Waals surface area (Å²) in [5, 5.41) is 2.29. The molecule has 0 bridgehead atoms. The van der Waals surface area contributed by atoms with Crippen molar-refractivity contribution in [1.29, 1.82) is 0 Å². The normalized spacial score (nSPS) is 17.6. The van der Waals surface area contributed by atoms with Gasteiger partial charge in [0.05, 0.1) is 24.2 Å². The fraction of sp³-hybridized carbons (Fsp3) is 0.471. The number of benzene rings is 2. The van der Waals surface area contributed by atoms with Gasteiger partial charge in [-0.25, -0.2) is 0 Å². The predicted octanol–water partition coefficient (Wildman–Crippen LogP) is 5.91. The van der Waals surface area contributed by atoms with Crippen molar-refractivity contribution in [3.8, 4) is 11.8 Å². The average molecular weight is 590 g/mol. The van der Waals surface area contributed by atoms with Crippen LogP contribution in [0.2, 0.25) is 23.2 Å². The number of allylic oxidation sites excluding steroid dienone is 1. The van der Waals surface area contributed by atoms with E-state index in [2.05, 4.69) is 115 Å². The summed E-state index contributed by atoms with van der Waals surface area (Å²) in [4.78, 5) is 26.4. The summed E-state index contributed by atoms with van der Waals surface area (Å²) in [5.41, 5.74) is 0.360. The third kappa shape index (κ3) is 7.18. The van der Waals surface area contributed by atoms with E-state index in [9.17, 15) is 9.59 Å². The molecule has 2 atom stereocenters. The quantitative estimate of drug-likeness (QED) is 0.218. The SMILES string of the molecule is C[C@H]1C(=O)C(C#CCC(CO[Si](c2ccccc2)(c2ccccc2)C(C)(C)C)O[Si](C)(C)C(C)(C)C)=CN(C)C1=O. The van der Waals surface area contributed by atoms with E-state index in [4.69, 9.17) is 8.85 Å². The lowest BCUT2D eigenvalue weighted by molar-refractivity contribution is -0.137. The van der Waals surface area contributed by atoms with Crippen LogP contribution in [0.1, 0.15) is 54.9 Å². The Labute approximate surface area is 249 Å². The minimum atomic E-state index is -2.76. The van der Waals surface area contributed by atoms with E-state index in [0.717, 1.165) is 0 Å². The van der Waals surface area contributed by atoms with Crippen LogP contribution in [0, 0.1) is 17.8 Å². The van der Waals surface area contributed by atoms with Crippen molar-refractivity contribution in [3.05, 3.63) is 72.4 Å². The molecule has 5 nitrogen and oxygen atoms in total. The number of hydrogen-bond acceptors (Lipinski definition) is 4. The molecule has 1 aliphatic rings. The first-order chi connectivity index (χ1) is 19.0. The second-order valence-electron chi connectivity index (χ2n) is 13.6. The molecular formula is C34H47NO4Si2. The van der Waals surface area contributed by atoms with Crippen molar-refractivity contribution in [2.24, 2.45) is 5.92 Å². The van der Waals surface area contributed by atoms with Gasteiger partial charge in [0, 0.05) is 19.7 Å². The van der Waals surface area contributed by atoms with E-state index in [1.807, 2.05) is 12.1 Å². The first kappa shape index (κ1) is 32.7. The van der Waals surface area contributed by atoms with Gasteiger partial charge in [0.2, 0.25) is 5.91 Å². The minimum Gasteiger partial charge on any atom is -0.411 e. The van der Waals surface area contributed by atoms with Crippen LogP contribution in [0.25, 0.3) is 0 Å². The lowest BCUT2D eigenvalue weighted by Gasteiger charge is -2.45. The van der Waals surface area contributed by atoms with E-state index >= 15 is 0 Å². The van der Waals surface area contributed by atoms with Crippen LogP contribution in [0.4, 0.5) is 0 Å². The van der Waals surface area contributed by atoms with Crippen LogP contribution in [-0.4, -0.2) is 53.0 Å². The minimum absolute atomic E-state index is 0.0104. The summed E-state index contributed by atoms with van der Waals surface area (Å²) in [6, 6.07) is 21.2. The second-order valence-corrected chi connectivity index (χ2v) is 22.6. The molecule has 3 rings (SSSR count). The van der Waals surface area contributed by atoms with Crippen molar-refractivity contribution >= 4 is 38.7 Å². The van der Waals surface area contributed by atoms with Crippen LogP contribution in [0.5, 0.6) is 0 Å². The molecule has 0 saturated carbocycles. The van der Waals surface area contributed by atoms with Gasteiger partial charge >= 0.3 is 0 Å². The zero-order valence-electron chi connectivity index (χ0n) is 26.5. The van der Waals surface area contributed by atoms with Gasteiger partial charge in [-0.3, -0.25) is 9.59 Å². The van der Waals surface area contributed by atoms with Crippen LogP contribution < -0.4 is 10.4 Å². The number of nitrogens with zero attached hydrogens (tertiary/aromatic N) is 1. The van der Waals surface area contributed by atoms with Crippen molar-refractivity contribution < 1.29 is 18.4 Å². The maximum atomic E-state index is 12.7. The molecule has 2 aromatic carbocycles. The Hall–Kier alpha value is -2.77. The van der Waals surface area contributed by atoms with E-state index in [0.29, 0.717) is 18.6 Å². The molecule has 220 valence electrons. The Morgan fingerprint density at radius 2 is 1.39 bits per heavy atom. The molecule has 0 fully saturated rings. The maximum absolute atomic E-state index is 12.7. The highest BCUT2D eigenvalue weighted by Crippen LogP contribution is 2.39. The van der Waals surface area contributed by atoms with Crippen molar-refractivity contribution in [3.63, 3.8) is 0 Å². The monoisotopic (exact) mass is 589 g/mol. The number of rotatable bonds is 8. The molecule has 1 aliphatic heterocycles. The molecule has 0 radical (unpaired) electrons. The van der Waals surface area contributed by atoms with Gasteiger partial charge in [-0.15, -0.1) is 0 Å². The fourth-order valence-corrected chi connectivity index (χ4v) is 11.0. The van der Waals surface area contributed by atoms with Gasteiger partial charge in [-0.1, -0.05) is 114 Å².